The SMILES string of the molecule is CCCCOCC(O)CN(CCOC)Cc1c(CC)nn(-c2ccccc2)c1Oc1ccccc1. The summed E-state index contributed by atoms with van der Waals surface area (Å²) in [5.74, 6) is 1.44. The summed E-state index contributed by atoms with van der Waals surface area (Å²) < 4.78 is 19.3. The smallest absolute Gasteiger partial charge is 0.227 e. The molecule has 1 unspecified atom stereocenters. The van der Waals surface area contributed by atoms with Crippen LogP contribution in [0.1, 0.15) is 37.9 Å². The summed E-state index contributed by atoms with van der Waals surface area (Å²) in [6, 6.07) is 19.8. The quantitative estimate of drug-likeness (QED) is 0.295. The molecule has 0 bridgehead atoms. The second-order valence-corrected chi connectivity index (χ2v) is 8.56. The normalized spacial score (nSPS) is 12.3. The van der Waals surface area contributed by atoms with Gasteiger partial charge in [0.1, 0.15) is 5.75 Å². The van der Waals surface area contributed by atoms with Crippen molar-refractivity contribution >= 4 is 0 Å². The average Bonchev–Trinajstić information content (AvgIpc) is 3.23. The van der Waals surface area contributed by atoms with Gasteiger partial charge in [0.15, 0.2) is 0 Å². The third kappa shape index (κ3) is 8.18. The average molecular weight is 482 g/mol. The molecule has 0 saturated heterocycles. The van der Waals surface area contributed by atoms with Gasteiger partial charge in [-0.1, -0.05) is 56.7 Å². The highest BCUT2D eigenvalue weighted by molar-refractivity contribution is 5.43. The van der Waals surface area contributed by atoms with Gasteiger partial charge in [-0.25, -0.2) is 4.68 Å². The van der Waals surface area contributed by atoms with E-state index in [2.05, 4.69) is 18.7 Å². The van der Waals surface area contributed by atoms with E-state index in [4.69, 9.17) is 19.3 Å². The topological polar surface area (TPSA) is 69.0 Å². The van der Waals surface area contributed by atoms with Gasteiger partial charge in [-0.3, -0.25) is 4.90 Å². The Balaban J connectivity index is 1.89. The first-order valence-electron chi connectivity index (χ1n) is 12.5. The highest BCUT2D eigenvalue weighted by Gasteiger charge is 2.23. The lowest BCUT2D eigenvalue weighted by Gasteiger charge is -2.25. The van der Waals surface area contributed by atoms with Crippen molar-refractivity contribution in [3.63, 3.8) is 0 Å². The molecule has 0 aliphatic rings. The van der Waals surface area contributed by atoms with E-state index in [1.54, 1.807) is 7.11 Å². The number of ether oxygens (including phenoxy) is 3. The maximum Gasteiger partial charge on any atom is 0.227 e. The molecule has 0 aliphatic carbocycles. The number of aliphatic hydroxyl groups is 1. The van der Waals surface area contributed by atoms with E-state index in [1.807, 2.05) is 65.3 Å². The van der Waals surface area contributed by atoms with E-state index < -0.39 is 6.10 Å². The molecule has 190 valence electrons. The summed E-state index contributed by atoms with van der Waals surface area (Å²) in [4.78, 5) is 2.18. The minimum atomic E-state index is -0.587. The summed E-state index contributed by atoms with van der Waals surface area (Å²) in [5, 5.41) is 15.6. The number of methoxy groups -OCH3 is 1. The standard InChI is InChI=1S/C28H39N3O4/c1-4-6-18-34-22-24(32)20-30(17-19-33-3)21-26-27(5-2)29-31(23-13-9-7-10-14-23)28(26)35-25-15-11-8-12-16-25/h7-16,24,32H,4-6,17-22H2,1-3H3. The molecule has 1 atom stereocenters. The van der Waals surface area contributed by atoms with Gasteiger partial charge < -0.3 is 19.3 Å². The van der Waals surface area contributed by atoms with Gasteiger partial charge in [0.05, 0.1) is 36.3 Å². The highest BCUT2D eigenvalue weighted by atomic mass is 16.5. The fourth-order valence-corrected chi connectivity index (χ4v) is 3.87. The van der Waals surface area contributed by atoms with Crippen molar-refractivity contribution in [1.29, 1.82) is 0 Å². The van der Waals surface area contributed by atoms with Crippen molar-refractivity contribution < 1.29 is 19.3 Å². The van der Waals surface area contributed by atoms with Gasteiger partial charge in [-0.05, 0) is 37.1 Å². The summed E-state index contributed by atoms with van der Waals surface area (Å²) in [6.07, 6.45) is 2.25. The molecular weight excluding hydrogens is 442 g/mol. The van der Waals surface area contributed by atoms with Crippen molar-refractivity contribution in [3.8, 4) is 17.3 Å². The lowest BCUT2D eigenvalue weighted by Crippen LogP contribution is -2.36. The molecule has 1 heterocycles. The molecule has 0 fully saturated rings. The Kier molecular flexibility index (Phi) is 11.2. The van der Waals surface area contributed by atoms with E-state index in [1.165, 1.54) is 0 Å². The molecule has 7 heteroatoms. The van der Waals surface area contributed by atoms with Crippen LogP contribution in [0, 0.1) is 0 Å². The Labute approximate surface area is 209 Å². The van der Waals surface area contributed by atoms with Gasteiger partial charge in [-0.2, -0.15) is 5.10 Å². The highest BCUT2D eigenvalue weighted by Crippen LogP contribution is 2.32. The number of para-hydroxylation sites is 2. The maximum atomic E-state index is 10.7. The van der Waals surface area contributed by atoms with Crippen LogP contribution >= 0.6 is 0 Å². The Morgan fingerprint density at radius 2 is 1.71 bits per heavy atom. The fraction of sp³-hybridized carbons (Fsp3) is 0.464. The number of hydrogen-bond donors (Lipinski definition) is 1. The van der Waals surface area contributed by atoms with Gasteiger partial charge in [0.2, 0.25) is 5.88 Å². The minimum absolute atomic E-state index is 0.320. The first-order chi connectivity index (χ1) is 17.2. The molecule has 7 nitrogen and oxygen atoms in total. The Morgan fingerprint density at radius 1 is 1.00 bits per heavy atom. The van der Waals surface area contributed by atoms with Crippen LogP contribution in [0.25, 0.3) is 5.69 Å². The molecule has 1 aromatic heterocycles. The maximum absolute atomic E-state index is 10.7. The van der Waals surface area contributed by atoms with Crippen LogP contribution in [0.3, 0.4) is 0 Å². The van der Waals surface area contributed by atoms with Crippen molar-refractivity contribution in [1.82, 2.24) is 14.7 Å². The van der Waals surface area contributed by atoms with Gasteiger partial charge in [0.25, 0.3) is 0 Å². The number of nitrogens with zero attached hydrogens (tertiary/aromatic N) is 3. The van der Waals surface area contributed by atoms with Crippen LogP contribution < -0.4 is 4.74 Å². The number of rotatable bonds is 16. The van der Waals surface area contributed by atoms with Gasteiger partial charge in [0, 0.05) is 33.4 Å². The summed E-state index contributed by atoms with van der Waals surface area (Å²) >= 11 is 0. The first-order valence-corrected chi connectivity index (χ1v) is 12.5. The van der Waals surface area contributed by atoms with E-state index in [0.29, 0.717) is 45.3 Å². The third-order valence-electron chi connectivity index (χ3n) is 5.73. The van der Waals surface area contributed by atoms with E-state index in [-0.39, 0.29) is 0 Å². The lowest BCUT2D eigenvalue weighted by molar-refractivity contribution is 0.0100. The number of benzene rings is 2. The molecule has 0 amide bonds. The van der Waals surface area contributed by atoms with E-state index in [9.17, 15) is 5.11 Å². The van der Waals surface area contributed by atoms with Crippen molar-refractivity contribution in [2.45, 2.75) is 45.8 Å². The number of hydrogen-bond acceptors (Lipinski definition) is 6. The molecular formula is C28H39N3O4. The van der Waals surface area contributed by atoms with Crippen LogP contribution in [-0.2, 0) is 22.4 Å². The van der Waals surface area contributed by atoms with Gasteiger partial charge in [-0.15, -0.1) is 0 Å². The first kappa shape index (κ1) is 26.9. The number of aliphatic hydroxyl groups excluding tert-OH is 1. The van der Waals surface area contributed by atoms with Crippen molar-refractivity contribution in [3.05, 3.63) is 71.9 Å². The van der Waals surface area contributed by atoms with Crippen LogP contribution in [0.4, 0.5) is 0 Å². The molecule has 1 N–H and O–H groups in total. The molecule has 0 radical (unpaired) electrons. The zero-order valence-electron chi connectivity index (χ0n) is 21.2. The van der Waals surface area contributed by atoms with E-state index in [0.717, 1.165) is 42.0 Å². The van der Waals surface area contributed by atoms with Crippen LogP contribution in [-0.4, -0.2) is 65.9 Å². The number of unbranched alkanes of at least 4 members (excludes halogenated alkanes) is 1. The number of aromatic nitrogens is 2. The predicted molar refractivity (Wildman–Crippen MR) is 138 cm³/mol. The zero-order chi connectivity index (χ0) is 24.9. The number of aryl methyl sites for hydroxylation is 1. The Morgan fingerprint density at radius 3 is 2.37 bits per heavy atom. The summed E-state index contributed by atoms with van der Waals surface area (Å²) in [6.45, 7) is 7.50. The summed E-state index contributed by atoms with van der Waals surface area (Å²) in [7, 11) is 1.69. The van der Waals surface area contributed by atoms with Crippen molar-refractivity contribution in [2.75, 3.05) is 40.0 Å². The zero-order valence-corrected chi connectivity index (χ0v) is 21.2. The Bertz CT molecular complexity index is 979. The van der Waals surface area contributed by atoms with Gasteiger partial charge >= 0.3 is 0 Å². The molecule has 35 heavy (non-hydrogen) atoms. The largest absolute Gasteiger partial charge is 0.439 e. The molecule has 0 aliphatic heterocycles. The van der Waals surface area contributed by atoms with Crippen molar-refractivity contribution in [2.24, 2.45) is 0 Å². The van der Waals surface area contributed by atoms with Crippen LogP contribution in [0.5, 0.6) is 11.6 Å². The second kappa shape index (κ2) is 14.6. The molecule has 3 rings (SSSR count). The third-order valence-corrected chi connectivity index (χ3v) is 5.73. The summed E-state index contributed by atoms with van der Waals surface area (Å²) in [5.41, 5.74) is 2.92. The molecule has 0 spiro atoms. The molecule has 2 aromatic carbocycles. The Hall–Kier alpha value is -2.71. The second-order valence-electron chi connectivity index (χ2n) is 8.56. The fourth-order valence-electron chi connectivity index (χ4n) is 3.87. The molecule has 3 aromatic rings. The minimum Gasteiger partial charge on any atom is -0.439 e. The van der Waals surface area contributed by atoms with Crippen LogP contribution in [0.2, 0.25) is 0 Å². The van der Waals surface area contributed by atoms with E-state index >= 15 is 0 Å². The molecule has 0 saturated carbocycles. The predicted octanol–water partition coefficient (Wildman–Crippen LogP) is 4.85. The van der Waals surface area contributed by atoms with Crippen LogP contribution in [0.15, 0.2) is 60.7 Å². The lowest BCUT2D eigenvalue weighted by atomic mass is 10.1. The monoisotopic (exact) mass is 481 g/mol.